The van der Waals surface area contributed by atoms with Crippen molar-refractivity contribution in [1.82, 2.24) is 25.5 Å². The smallest absolute Gasteiger partial charge is 0.224 e. The zero-order valence-electron chi connectivity index (χ0n) is 12.5. The van der Waals surface area contributed by atoms with Gasteiger partial charge < -0.3 is 5.32 Å². The number of nitrogens with one attached hydrogen (secondary N) is 1. The molecule has 0 saturated heterocycles. The molecule has 3 aromatic rings. The highest BCUT2D eigenvalue weighted by molar-refractivity contribution is 5.78. The highest BCUT2D eigenvalue weighted by Crippen LogP contribution is 2.10. The predicted octanol–water partition coefficient (Wildman–Crippen LogP) is 1.80. The molecular formula is C16H13F2N5O. The Labute approximate surface area is 136 Å². The summed E-state index contributed by atoms with van der Waals surface area (Å²) in [7, 11) is 0. The van der Waals surface area contributed by atoms with Gasteiger partial charge in [0.05, 0.1) is 18.7 Å². The fourth-order valence-corrected chi connectivity index (χ4v) is 2.15. The van der Waals surface area contributed by atoms with Crippen molar-refractivity contribution in [3.63, 3.8) is 0 Å². The van der Waals surface area contributed by atoms with Crippen molar-refractivity contribution in [1.29, 1.82) is 0 Å². The summed E-state index contributed by atoms with van der Waals surface area (Å²) < 4.78 is 27.5. The minimum absolute atomic E-state index is 0.0868. The zero-order valence-corrected chi connectivity index (χ0v) is 12.5. The first-order chi connectivity index (χ1) is 11.6. The van der Waals surface area contributed by atoms with Crippen LogP contribution in [0.2, 0.25) is 0 Å². The van der Waals surface area contributed by atoms with Crippen LogP contribution in [0.3, 0.4) is 0 Å². The van der Waals surface area contributed by atoms with E-state index in [9.17, 15) is 13.6 Å². The maximum atomic E-state index is 13.3. The topological polar surface area (TPSA) is 72.7 Å². The molecule has 24 heavy (non-hydrogen) atoms. The molecule has 0 fully saturated rings. The lowest BCUT2D eigenvalue weighted by Crippen LogP contribution is -2.26. The second kappa shape index (κ2) is 6.95. The van der Waals surface area contributed by atoms with Crippen LogP contribution in [-0.2, 0) is 17.8 Å². The summed E-state index contributed by atoms with van der Waals surface area (Å²) in [5.74, 6) is -0.647. The molecule has 2 aromatic carbocycles. The lowest BCUT2D eigenvalue weighted by atomic mass is 10.1. The molecule has 0 aliphatic heterocycles. The Hall–Kier alpha value is -3.16. The van der Waals surface area contributed by atoms with Gasteiger partial charge in [0.25, 0.3) is 0 Å². The van der Waals surface area contributed by atoms with Crippen LogP contribution < -0.4 is 5.32 Å². The first kappa shape index (κ1) is 15.7. The number of rotatable bonds is 5. The number of carbonyl (C=O) groups excluding carboxylic acids is 1. The minimum atomic E-state index is -0.408. The molecule has 0 atom stereocenters. The van der Waals surface area contributed by atoms with Crippen molar-refractivity contribution >= 4 is 5.91 Å². The fourth-order valence-electron chi connectivity index (χ4n) is 2.15. The summed E-state index contributed by atoms with van der Waals surface area (Å²) in [5.41, 5.74) is 1.15. The number of carbonyl (C=O) groups is 1. The molecule has 6 nitrogen and oxygen atoms in total. The van der Waals surface area contributed by atoms with E-state index < -0.39 is 5.82 Å². The SMILES string of the molecule is O=C(Cc1ccc(F)cc1)NCc1nnnn1-c1cccc(F)c1. The molecule has 0 bridgehead atoms. The Morgan fingerprint density at radius 2 is 1.88 bits per heavy atom. The predicted molar refractivity (Wildman–Crippen MR) is 81.1 cm³/mol. The average molecular weight is 329 g/mol. The molecule has 0 radical (unpaired) electrons. The molecule has 3 rings (SSSR count). The molecule has 122 valence electrons. The summed E-state index contributed by atoms with van der Waals surface area (Å²) in [6.07, 6.45) is 0.113. The van der Waals surface area contributed by atoms with Gasteiger partial charge in [-0.3, -0.25) is 4.79 Å². The number of hydrogen-bond donors (Lipinski definition) is 1. The number of halogens is 2. The van der Waals surface area contributed by atoms with Crippen molar-refractivity contribution in [2.75, 3.05) is 0 Å². The van der Waals surface area contributed by atoms with Gasteiger partial charge in [-0.1, -0.05) is 18.2 Å². The molecule has 1 aromatic heterocycles. The molecule has 0 aliphatic rings. The third kappa shape index (κ3) is 3.78. The monoisotopic (exact) mass is 329 g/mol. The van der Waals surface area contributed by atoms with Crippen LogP contribution in [0.25, 0.3) is 5.69 Å². The van der Waals surface area contributed by atoms with E-state index in [4.69, 9.17) is 0 Å². The van der Waals surface area contributed by atoms with Gasteiger partial charge in [-0.05, 0) is 46.3 Å². The third-order valence-electron chi connectivity index (χ3n) is 3.31. The van der Waals surface area contributed by atoms with Crippen LogP contribution in [0, 0.1) is 11.6 Å². The summed E-state index contributed by atoms with van der Waals surface area (Å²) >= 11 is 0. The van der Waals surface area contributed by atoms with Gasteiger partial charge in [0.1, 0.15) is 11.6 Å². The van der Waals surface area contributed by atoms with E-state index in [0.29, 0.717) is 17.1 Å². The Kier molecular flexibility index (Phi) is 4.55. The highest BCUT2D eigenvalue weighted by atomic mass is 19.1. The standard InChI is InChI=1S/C16H13F2N5O/c17-12-6-4-11(5-7-12)8-16(24)19-10-15-20-21-22-23(15)14-3-1-2-13(18)9-14/h1-7,9H,8,10H2,(H,19,24). The van der Waals surface area contributed by atoms with E-state index in [1.54, 1.807) is 24.3 Å². The second-order valence-corrected chi connectivity index (χ2v) is 5.07. The maximum Gasteiger partial charge on any atom is 0.224 e. The maximum absolute atomic E-state index is 13.3. The molecule has 8 heteroatoms. The lowest BCUT2D eigenvalue weighted by molar-refractivity contribution is -0.120. The third-order valence-corrected chi connectivity index (χ3v) is 3.31. The molecule has 0 unspecified atom stereocenters. The van der Waals surface area contributed by atoms with E-state index in [2.05, 4.69) is 20.8 Å². The van der Waals surface area contributed by atoms with Crippen molar-refractivity contribution in [2.24, 2.45) is 0 Å². The number of amides is 1. The zero-order chi connectivity index (χ0) is 16.9. The Balaban J connectivity index is 1.64. The number of nitrogens with zero attached hydrogens (tertiary/aromatic N) is 4. The second-order valence-electron chi connectivity index (χ2n) is 5.07. The molecule has 1 amide bonds. The average Bonchev–Trinajstić information content (AvgIpc) is 3.04. The van der Waals surface area contributed by atoms with Crippen LogP contribution in [-0.4, -0.2) is 26.1 Å². The molecule has 0 saturated carbocycles. The van der Waals surface area contributed by atoms with Crippen LogP contribution in [0.1, 0.15) is 11.4 Å². The van der Waals surface area contributed by atoms with Crippen LogP contribution in [0.15, 0.2) is 48.5 Å². The quantitative estimate of drug-likeness (QED) is 0.775. The fraction of sp³-hybridized carbons (Fsp3) is 0.125. The van der Waals surface area contributed by atoms with Crippen molar-refractivity contribution in [3.8, 4) is 5.69 Å². The summed E-state index contributed by atoms with van der Waals surface area (Å²) in [5, 5.41) is 13.9. The van der Waals surface area contributed by atoms with Crippen molar-refractivity contribution in [3.05, 3.63) is 71.6 Å². The number of tetrazole rings is 1. The van der Waals surface area contributed by atoms with Crippen molar-refractivity contribution < 1.29 is 13.6 Å². The van der Waals surface area contributed by atoms with E-state index in [0.717, 1.165) is 0 Å². The largest absolute Gasteiger partial charge is 0.348 e. The highest BCUT2D eigenvalue weighted by Gasteiger charge is 2.11. The van der Waals surface area contributed by atoms with E-state index in [1.807, 2.05) is 0 Å². The van der Waals surface area contributed by atoms with Gasteiger partial charge in [-0.25, -0.2) is 8.78 Å². The number of aromatic nitrogens is 4. The van der Waals surface area contributed by atoms with Gasteiger partial charge in [-0.15, -0.1) is 5.10 Å². The number of benzene rings is 2. The summed E-state index contributed by atoms with van der Waals surface area (Å²) in [4.78, 5) is 12.0. The van der Waals surface area contributed by atoms with Gasteiger partial charge in [0.15, 0.2) is 5.82 Å². The summed E-state index contributed by atoms with van der Waals surface area (Å²) in [6.45, 7) is 0.0868. The first-order valence-electron chi connectivity index (χ1n) is 7.16. The molecule has 1 N–H and O–H groups in total. The Morgan fingerprint density at radius 3 is 2.62 bits per heavy atom. The van der Waals surface area contributed by atoms with E-state index >= 15 is 0 Å². The Morgan fingerprint density at radius 1 is 1.08 bits per heavy atom. The summed E-state index contributed by atoms with van der Waals surface area (Å²) in [6, 6.07) is 11.5. The van der Waals surface area contributed by atoms with Gasteiger partial charge in [0, 0.05) is 0 Å². The molecule has 1 heterocycles. The van der Waals surface area contributed by atoms with Crippen molar-refractivity contribution in [2.45, 2.75) is 13.0 Å². The molecular weight excluding hydrogens is 316 g/mol. The van der Waals surface area contributed by atoms with E-state index in [-0.39, 0.29) is 24.7 Å². The first-order valence-corrected chi connectivity index (χ1v) is 7.16. The normalized spacial score (nSPS) is 10.6. The van der Waals surface area contributed by atoms with E-state index in [1.165, 1.54) is 28.9 Å². The van der Waals surface area contributed by atoms with Crippen LogP contribution >= 0.6 is 0 Å². The Bertz CT molecular complexity index is 848. The van der Waals surface area contributed by atoms with Crippen LogP contribution in [0.5, 0.6) is 0 Å². The number of hydrogen-bond acceptors (Lipinski definition) is 4. The van der Waals surface area contributed by atoms with Gasteiger partial charge in [-0.2, -0.15) is 4.68 Å². The van der Waals surface area contributed by atoms with Gasteiger partial charge in [0.2, 0.25) is 5.91 Å². The van der Waals surface area contributed by atoms with Crippen LogP contribution in [0.4, 0.5) is 8.78 Å². The minimum Gasteiger partial charge on any atom is -0.348 e. The molecule has 0 spiro atoms. The molecule has 0 aliphatic carbocycles. The lowest BCUT2D eigenvalue weighted by Gasteiger charge is -2.07. The van der Waals surface area contributed by atoms with Gasteiger partial charge >= 0.3 is 0 Å².